The number of ether oxygens (including phenoxy) is 1. The molecular formula is C23H21FN4O2. The van der Waals surface area contributed by atoms with Crippen molar-refractivity contribution in [2.45, 2.75) is 26.9 Å². The molecule has 6 nitrogen and oxygen atoms in total. The minimum Gasteiger partial charge on any atom is -0.464 e. The number of carbonyl (C=O) groups excluding carboxylic acids is 1. The highest BCUT2D eigenvalue weighted by atomic mass is 19.1. The van der Waals surface area contributed by atoms with Crippen LogP contribution in [0.15, 0.2) is 60.7 Å². The van der Waals surface area contributed by atoms with E-state index >= 15 is 0 Å². The molecule has 30 heavy (non-hydrogen) atoms. The van der Waals surface area contributed by atoms with E-state index in [0.717, 1.165) is 22.3 Å². The molecule has 1 amide bonds. The van der Waals surface area contributed by atoms with Crippen LogP contribution in [-0.2, 0) is 4.79 Å². The number of fused-ring (bicyclic) bond motifs is 1. The molecule has 4 aromatic rings. The fourth-order valence-electron chi connectivity index (χ4n) is 3.32. The van der Waals surface area contributed by atoms with Crippen LogP contribution in [0.4, 0.5) is 10.1 Å². The van der Waals surface area contributed by atoms with E-state index in [1.807, 2.05) is 44.2 Å². The molecule has 0 aliphatic rings. The van der Waals surface area contributed by atoms with Crippen molar-refractivity contribution >= 4 is 22.6 Å². The van der Waals surface area contributed by atoms with Crippen molar-refractivity contribution in [3.8, 4) is 11.6 Å². The van der Waals surface area contributed by atoms with Gasteiger partial charge in [0.25, 0.3) is 5.91 Å². The van der Waals surface area contributed by atoms with Crippen LogP contribution in [0, 0.1) is 19.7 Å². The van der Waals surface area contributed by atoms with E-state index in [1.165, 1.54) is 12.1 Å². The van der Waals surface area contributed by atoms with Gasteiger partial charge < -0.3 is 10.1 Å². The Morgan fingerprint density at radius 1 is 1.10 bits per heavy atom. The minimum atomic E-state index is -0.872. The number of hydrogen-bond donors (Lipinski definition) is 1. The van der Waals surface area contributed by atoms with E-state index in [9.17, 15) is 9.18 Å². The van der Waals surface area contributed by atoms with Crippen LogP contribution in [0.5, 0.6) is 5.88 Å². The second kappa shape index (κ2) is 7.94. The molecule has 0 saturated carbocycles. The first-order valence-electron chi connectivity index (χ1n) is 9.58. The molecule has 1 unspecified atom stereocenters. The summed E-state index contributed by atoms with van der Waals surface area (Å²) in [5.41, 5.74) is 3.43. The van der Waals surface area contributed by atoms with Crippen molar-refractivity contribution < 1.29 is 13.9 Å². The normalized spacial score (nSPS) is 12.0. The van der Waals surface area contributed by atoms with Gasteiger partial charge in [0.2, 0.25) is 5.88 Å². The van der Waals surface area contributed by atoms with Gasteiger partial charge in [-0.25, -0.2) is 9.07 Å². The Morgan fingerprint density at radius 3 is 2.53 bits per heavy atom. The Balaban J connectivity index is 1.63. The molecule has 2 aromatic carbocycles. The van der Waals surface area contributed by atoms with E-state index in [2.05, 4.69) is 15.4 Å². The number of carbonyl (C=O) groups is 1. The number of pyridine rings is 1. The Kier molecular flexibility index (Phi) is 5.18. The van der Waals surface area contributed by atoms with Crippen molar-refractivity contribution in [1.29, 1.82) is 0 Å². The topological polar surface area (TPSA) is 69.0 Å². The van der Waals surface area contributed by atoms with E-state index < -0.39 is 17.8 Å². The molecule has 1 atom stereocenters. The average Bonchev–Trinajstić information content (AvgIpc) is 3.07. The zero-order chi connectivity index (χ0) is 21.3. The summed E-state index contributed by atoms with van der Waals surface area (Å²) in [6.07, 6.45) is -0.872. The smallest absolute Gasteiger partial charge is 0.265 e. The van der Waals surface area contributed by atoms with E-state index in [4.69, 9.17) is 4.74 Å². The van der Waals surface area contributed by atoms with E-state index in [0.29, 0.717) is 11.5 Å². The van der Waals surface area contributed by atoms with Crippen molar-refractivity contribution in [3.63, 3.8) is 0 Å². The van der Waals surface area contributed by atoms with E-state index in [-0.39, 0.29) is 5.69 Å². The van der Waals surface area contributed by atoms with Gasteiger partial charge >= 0.3 is 0 Å². The highest BCUT2D eigenvalue weighted by Gasteiger charge is 2.20. The summed E-state index contributed by atoms with van der Waals surface area (Å²) in [6.45, 7) is 5.48. The van der Waals surface area contributed by atoms with Crippen LogP contribution in [0.25, 0.3) is 16.7 Å². The van der Waals surface area contributed by atoms with Crippen LogP contribution in [-0.4, -0.2) is 26.8 Å². The second-order valence-corrected chi connectivity index (χ2v) is 7.04. The molecule has 0 aliphatic heterocycles. The Labute approximate surface area is 173 Å². The molecule has 0 spiro atoms. The molecule has 0 aliphatic carbocycles. The molecule has 0 saturated heterocycles. The first-order chi connectivity index (χ1) is 14.4. The first-order valence-corrected chi connectivity index (χ1v) is 9.58. The van der Waals surface area contributed by atoms with Crippen molar-refractivity contribution in [2.75, 3.05) is 5.32 Å². The first kappa shape index (κ1) is 19.6. The summed E-state index contributed by atoms with van der Waals surface area (Å²) in [7, 11) is 0. The maximum absolute atomic E-state index is 13.8. The van der Waals surface area contributed by atoms with Crippen LogP contribution in [0.1, 0.15) is 18.2 Å². The summed E-state index contributed by atoms with van der Waals surface area (Å²) >= 11 is 0. The largest absolute Gasteiger partial charge is 0.464 e. The number of halogens is 1. The van der Waals surface area contributed by atoms with Gasteiger partial charge in [0, 0.05) is 11.5 Å². The molecule has 2 heterocycles. The van der Waals surface area contributed by atoms with Gasteiger partial charge in [0.15, 0.2) is 11.8 Å². The number of nitrogens with zero attached hydrogens (tertiary/aromatic N) is 3. The maximum atomic E-state index is 13.8. The number of amides is 1. The number of nitrogens with one attached hydrogen (secondary N) is 1. The van der Waals surface area contributed by atoms with Gasteiger partial charge in [-0.1, -0.05) is 30.3 Å². The van der Waals surface area contributed by atoms with Crippen molar-refractivity contribution in [2.24, 2.45) is 0 Å². The fourth-order valence-corrected chi connectivity index (χ4v) is 3.32. The van der Waals surface area contributed by atoms with Crippen LogP contribution in [0.2, 0.25) is 0 Å². The molecular weight excluding hydrogens is 383 g/mol. The van der Waals surface area contributed by atoms with Crippen molar-refractivity contribution in [3.05, 3.63) is 77.7 Å². The molecule has 1 N–H and O–H groups in total. The standard InChI is InChI=1S/C23H21FN4O2/c1-14-13-20(30-16(3)23(29)25-19-12-8-7-11-18(19)24)26-22-21(14)15(2)27-28(22)17-9-5-4-6-10-17/h4-13,16H,1-3H3,(H,25,29). The van der Waals surface area contributed by atoms with Gasteiger partial charge in [-0.05, 0) is 50.6 Å². The van der Waals surface area contributed by atoms with Crippen LogP contribution in [0.3, 0.4) is 0 Å². The Hall–Kier alpha value is -3.74. The lowest BCUT2D eigenvalue weighted by molar-refractivity contribution is -0.122. The third kappa shape index (κ3) is 3.74. The molecule has 7 heteroatoms. The van der Waals surface area contributed by atoms with Crippen molar-refractivity contribution in [1.82, 2.24) is 14.8 Å². The summed E-state index contributed by atoms with van der Waals surface area (Å²) in [4.78, 5) is 17.1. The van der Waals surface area contributed by atoms with Crippen LogP contribution >= 0.6 is 0 Å². The summed E-state index contributed by atoms with van der Waals surface area (Å²) in [5, 5.41) is 8.10. The van der Waals surface area contributed by atoms with Gasteiger partial charge in [0.05, 0.1) is 17.1 Å². The van der Waals surface area contributed by atoms with Gasteiger partial charge in [-0.15, -0.1) is 0 Å². The van der Waals surface area contributed by atoms with Gasteiger partial charge in [-0.2, -0.15) is 10.1 Å². The number of aromatic nitrogens is 3. The third-order valence-electron chi connectivity index (χ3n) is 4.79. The summed E-state index contributed by atoms with van der Waals surface area (Å²) in [6, 6.07) is 17.5. The Bertz CT molecular complexity index is 1220. The zero-order valence-electron chi connectivity index (χ0n) is 16.9. The number of anilines is 1. The molecule has 152 valence electrons. The SMILES string of the molecule is Cc1cc(OC(C)C(=O)Nc2ccccc2F)nc2c1c(C)nn2-c1ccccc1. The lowest BCUT2D eigenvalue weighted by Gasteiger charge is -2.15. The molecule has 0 radical (unpaired) electrons. The summed E-state index contributed by atoms with van der Waals surface area (Å²) < 4.78 is 21.3. The highest BCUT2D eigenvalue weighted by molar-refractivity contribution is 5.94. The summed E-state index contributed by atoms with van der Waals surface area (Å²) in [5.74, 6) is -0.670. The molecule has 2 aromatic heterocycles. The highest BCUT2D eigenvalue weighted by Crippen LogP contribution is 2.27. The number of rotatable bonds is 5. The average molecular weight is 404 g/mol. The minimum absolute atomic E-state index is 0.107. The monoisotopic (exact) mass is 404 g/mol. The molecule has 4 rings (SSSR count). The van der Waals surface area contributed by atoms with Crippen LogP contribution < -0.4 is 10.1 Å². The predicted molar refractivity (Wildman–Crippen MR) is 113 cm³/mol. The lowest BCUT2D eigenvalue weighted by Crippen LogP contribution is -2.30. The fraction of sp³-hybridized carbons (Fsp3) is 0.174. The second-order valence-electron chi connectivity index (χ2n) is 7.04. The van der Waals surface area contributed by atoms with E-state index in [1.54, 1.807) is 29.8 Å². The Morgan fingerprint density at radius 2 is 1.80 bits per heavy atom. The number of aryl methyl sites for hydroxylation is 2. The third-order valence-corrected chi connectivity index (χ3v) is 4.79. The van der Waals surface area contributed by atoms with Gasteiger partial charge in [-0.3, -0.25) is 4.79 Å². The van der Waals surface area contributed by atoms with Gasteiger partial charge in [0.1, 0.15) is 5.82 Å². The molecule has 0 fully saturated rings. The molecule has 0 bridgehead atoms. The number of benzene rings is 2. The number of para-hydroxylation sites is 2. The predicted octanol–water partition coefficient (Wildman–Crippen LogP) is 4.58. The number of hydrogen-bond acceptors (Lipinski definition) is 4. The lowest BCUT2D eigenvalue weighted by atomic mass is 10.1. The maximum Gasteiger partial charge on any atom is 0.265 e. The zero-order valence-corrected chi connectivity index (χ0v) is 16.9. The quantitative estimate of drug-likeness (QED) is 0.529.